The molecule has 1 N–H and O–H groups in total. The summed E-state index contributed by atoms with van der Waals surface area (Å²) in [5.41, 5.74) is 0.164. The van der Waals surface area contributed by atoms with E-state index in [1.165, 1.54) is 12.3 Å². The molecular formula is C16H23F2N3O2S. The van der Waals surface area contributed by atoms with Crippen molar-refractivity contribution in [1.82, 2.24) is 15.2 Å². The smallest absolute Gasteiger partial charge is 0.290 e. The van der Waals surface area contributed by atoms with Crippen molar-refractivity contribution < 1.29 is 18.3 Å². The number of nitrogens with zero attached hydrogens (tertiary/aromatic N) is 2. The summed E-state index contributed by atoms with van der Waals surface area (Å²) >= 11 is 0.277. The fourth-order valence-electron chi connectivity index (χ4n) is 2.63. The first-order chi connectivity index (χ1) is 11.5. The lowest BCUT2D eigenvalue weighted by Gasteiger charge is -2.34. The second kappa shape index (κ2) is 9.29. The molecule has 1 aromatic heterocycles. The molecule has 1 atom stereocenters. The van der Waals surface area contributed by atoms with E-state index in [0.29, 0.717) is 19.1 Å². The minimum absolute atomic E-state index is 0.0380. The highest BCUT2D eigenvalue weighted by Gasteiger charge is 2.22. The zero-order valence-electron chi connectivity index (χ0n) is 13.9. The van der Waals surface area contributed by atoms with Crippen molar-refractivity contribution >= 4 is 17.7 Å². The number of carbonyl (C=O) groups excluding carboxylic acids is 1. The van der Waals surface area contributed by atoms with Gasteiger partial charge >= 0.3 is 0 Å². The number of alkyl halides is 2. The molecule has 134 valence electrons. The van der Waals surface area contributed by atoms with E-state index >= 15 is 0 Å². The molecule has 2 rings (SSSR count). The molecule has 0 aromatic carbocycles. The normalized spacial score (nSPS) is 19.0. The highest BCUT2D eigenvalue weighted by atomic mass is 32.2. The predicted octanol–water partition coefficient (Wildman–Crippen LogP) is 2.48. The second-order valence-corrected chi connectivity index (χ2v) is 7.07. The van der Waals surface area contributed by atoms with E-state index in [0.717, 1.165) is 19.6 Å². The molecule has 8 heteroatoms. The number of amides is 1. The number of aromatic nitrogens is 1. The Balaban J connectivity index is 1.89. The van der Waals surface area contributed by atoms with Crippen LogP contribution in [0.2, 0.25) is 0 Å². The van der Waals surface area contributed by atoms with E-state index in [2.05, 4.69) is 29.0 Å². The van der Waals surface area contributed by atoms with Crippen molar-refractivity contribution in [2.24, 2.45) is 5.92 Å². The van der Waals surface area contributed by atoms with Gasteiger partial charge in [-0.1, -0.05) is 13.8 Å². The number of halogens is 2. The molecule has 1 amide bonds. The molecule has 24 heavy (non-hydrogen) atoms. The second-order valence-electron chi connectivity index (χ2n) is 6.09. The monoisotopic (exact) mass is 359 g/mol. The molecule has 1 saturated heterocycles. The molecule has 1 fully saturated rings. The highest BCUT2D eigenvalue weighted by molar-refractivity contribution is 7.99. The Morgan fingerprint density at radius 3 is 3.04 bits per heavy atom. The van der Waals surface area contributed by atoms with Gasteiger partial charge in [-0.3, -0.25) is 9.69 Å². The van der Waals surface area contributed by atoms with Gasteiger partial charge < -0.3 is 10.1 Å². The standard InChI is InChI=1S/C16H23F2N3O2S/c1-11(2)9-21-6-7-23-12(10-21)8-20-14(22)13-4-3-5-19-15(13)24-16(17)18/h3-5,11-12,16H,6-10H2,1-2H3,(H,20,22). The summed E-state index contributed by atoms with van der Waals surface area (Å²) in [7, 11) is 0. The first-order valence-electron chi connectivity index (χ1n) is 7.97. The van der Waals surface area contributed by atoms with Crippen LogP contribution >= 0.6 is 11.8 Å². The Hall–Kier alpha value is -1.25. The lowest BCUT2D eigenvalue weighted by atomic mass is 10.1. The van der Waals surface area contributed by atoms with Crippen LogP contribution in [0.25, 0.3) is 0 Å². The minimum atomic E-state index is -2.61. The largest absolute Gasteiger partial charge is 0.374 e. The van der Waals surface area contributed by atoms with Crippen LogP contribution in [0.3, 0.4) is 0 Å². The molecule has 0 aliphatic carbocycles. The summed E-state index contributed by atoms with van der Waals surface area (Å²) in [6, 6.07) is 3.06. The molecule has 0 saturated carbocycles. The fraction of sp³-hybridized carbons (Fsp3) is 0.625. The number of carbonyl (C=O) groups is 1. The lowest BCUT2D eigenvalue weighted by Crippen LogP contribution is -2.48. The summed E-state index contributed by atoms with van der Waals surface area (Å²) in [4.78, 5) is 18.4. The molecule has 0 radical (unpaired) electrons. The average molecular weight is 359 g/mol. The van der Waals surface area contributed by atoms with Crippen molar-refractivity contribution in [3.05, 3.63) is 23.9 Å². The van der Waals surface area contributed by atoms with Crippen molar-refractivity contribution in [3.8, 4) is 0 Å². The molecule has 1 aliphatic heterocycles. The number of morpholine rings is 1. The number of hydrogen-bond donors (Lipinski definition) is 1. The van der Waals surface area contributed by atoms with Crippen LogP contribution in [0.15, 0.2) is 23.4 Å². The number of rotatable bonds is 7. The minimum Gasteiger partial charge on any atom is -0.374 e. The zero-order chi connectivity index (χ0) is 17.5. The van der Waals surface area contributed by atoms with Crippen LogP contribution in [-0.2, 0) is 4.74 Å². The van der Waals surface area contributed by atoms with Gasteiger partial charge in [0.25, 0.3) is 11.7 Å². The van der Waals surface area contributed by atoms with E-state index in [4.69, 9.17) is 4.74 Å². The average Bonchev–Trinajstić information content (AvgIpc) is 2.52. The molecule has 2 heterocycles. The topological polar surface area (TPSA) is 54.5 Å². The third-order valence-corrected chi connectivity index (χ3v) is 4.28. The Kier molecular flexibility index (Phi) is 7.39. The maximum absolute atomic E-state index is 12.6. The lowest BCUT2D eigenvalue weighted by molar-refractivity contribution is -0.0295. The molecular weight excluding hydrogens is 336 g/mol. The van der Waals surface area contributed by atoms with Gasteiger partial charge in [-0.05, 0) is 29.8 Å². The molecule has 1 unspecified atom stereocenters. The van der Waals surface area contributed by atoms with Crippen molar-refractivity contribution in [2.45, 2.75) is 30.7 Å². The van der Waals surface area contributed by atoms with Gasteiger partial charge in [0.05, 0.1) is 18.3 Å². The van der Waals surface area contributed by atoms with E-state index in [1.54, 1.807) is 6.07 Å². The number of thioether (sulfide) groups is 1. The Bertz CT molecular complexity index is 546. The van der Waals surface area contributed by atoms with Crippen molar-refractivity contribution in [1.29, 1.82) is 0 Å². The van der Waals surface area contributed by atoms with Gasteiger partial charge in [-0.2, -0.15) is 8.78 Å². The van der Waals surface area contributed by atoms with Gasteiger partial charge in [-0.25, -0.2) is 4.98 Å². The molecule has 1 aliphatic rings. The highest BCUT2D eigenvalue weighted by Crippen LogP contribution is 2.26. The predicted molar refractivity (Wildman–Crippen MR) is 89.4 cm³/mol. The zero-order valence-corrected chi connectivity index (χ0v) is 14.7. The number of ether oxygens (including phenoxy) is 1. The van der Waals surface area contributed by atoms with Gasteiger partial charge in [0, 0.05) is 32.4 Å². The summed E-state index contributed by atoms with van der Waals surface area (Å²) in [5, 5.41) is 2.81. The molecule has 5 nitrogen and oxygen atoms in total. The van der Waals surface area contributed by atoms with Crippen LogP contribution in [-0.4, -0.2) is 60.4 Å². The third-order valence-electron chi connectivity index (χ3n) is 3.55. The van der Waals surface area contributed by atoms with E-state index in [-0.39, 0.29) is 28.5 Å². The first kappa shape index (κ1) is 19.1. The Morgan fingerprint density at radius 1 is 1.54 bits per heavy atom. The maximum Gasteiger partial charge on any atom is 0.290 e. The van der Waals surface area contributed by atoms with E-state index in [9.17, 15) is 13.6 Å². The first-order valence-corrected chi connectivity index (χ1v) is 8.85. The summed E-state index contributed by atoms with van der Waals surface area (Å²) in [6.45, 7) is 7.94. The van der Waals surface area contributed by atoms with Crippen LogP contribution in [0.1, 0.15) is 24.2 Å². The summed E-state index contributed by atoms with van der Waals surface area (Å²) < 4.78 is 30.8. The Labute approximate surface area is 145 Å². The van der Waals surface area contributed by atoms with Crippen LogP contribution < -0.4 is 5.32 Å². The maximum atomic E-state index is 12.6. The number of pyridine rings is 1. The van der Waals surface area contributed by atoms with Gasteiger partial charge in [0.15, 0.2) is 0 Å². The van der Waals surface area contributed by atoms with E-state index in [1.807, 2.05) is 0 Å². The van der Waals surface area contributed by atoms with Crippen LogP contribution in [0.5, 0.6) is 0 Å². The van der Waals surface area contributed by atoms with Gasteiger partial charge in [0.1, 0.15) is 5.03 Å². The van der Waals surface area contributed by atoms with Gasteiger partial charge in [0.2, 0.25) is 0 Å². The SMILES string of the molecule is CC(C)CN1CCOC(CNC(=O)c2cccnc2SC(F)F)C1. The number of nitrogens with one attached hydrogen (secondary N) is 1. The number of hydrogen-bond acceptors (Lipinski definition) is 5. The van der Waals surface area contributed by atoms with Crippen molar-refractivity contribution in [3.63, 3.8) is 0 Å². The molecule has 1 aromatic rings. The molecule has 0 bridgehead atoms. The van der Waals surface area contributed by atoms with Gasteiger partial charge in [-0.15, -0.1) is 0 Å². The quantitative estimate of drug-likeness (QED) is 0.758. The molecule has 0 spiro atoms. The summed E-state index contributed by atoms with van der Waals surface area (Å²) in [5.74, 6) is -2.45. The fourth-order valence-corrected chi connectivity index (χ4v) is 3.21. The van der Waals surface area contributed by atoms with E-state index < -0.39 is 11.7 Å². The Morgan fingerprint density at radius 2 is 2.33 bits per heavy atom. The van der Waals surface area contributed by atoms with Crippen LogP contribution in [0, 0.1) is 5.92 Å². The van der Waals surface area contributed by atoms with Crippen LogP contribution in [0.4, 0.5) is 8.78 Å². The van der Waals surface area contributed by atoms with Crippen molar-refractivity contribution in [2.75, 3.05) is 32.8 Å². The third kappa shape index (κ3) is 5.99. The summed E-state index contributed by atoms with van der Waals surface area (Å²) in [6.07, 6.45) is 1.31.